The van der Waals surface area contributed by atoms with Crippen LogP contribution in [0.25, 0.3) is 5.65 Å². The van der Waals surface area contributed by atoms with Crippen LogP contribution in [0.5, 0.6) is 5.75 Å². The molecule has 200 valence electrons. The van der Waals surface area contributed by atoms with Gasteiger partial charge in [0.15, 0.2) is 12.3 Å². The number of nitrogens with zero attached hydrogens (tertiary/aromatic N) is 5. The molecule has 3 aromatic rings. The van der Waals surface area contributed by atoms with Crippen LogP contribution in [0.2, 0.25) is 0 Å². The Morgan fingerprint density at radius 2 is 1.92 bits per heavy atom. The summed E-state index contributed by atoms with van der Waals surface area (Å²) in [5, 5.41) is 17.8. The van der Waals surface area contributed by atoms with Crippen LogP contribution in [-0.2, 0) is 4.79 Å². The van der Waals surface area contributed by atoms with Crippen LogP contribution in [0.3, 0.4) is 0 Å². The number of hydrogen-bond donors (Lipinski definition) is 2. The van der Waals surface area contributed by atoms with E-state index in [4.69, 9.17) is 14.8 Å². The van der Waals surface area contributed by atoms with Crippen LogP contribution in [-0.4, -0.2) is 75.8 Å². The van der Waals surface area contributed by atoms with Gasteiger partial charge in [0.2, 0.25) is 0 Å². The zero-order valence-electron chi connectivity index (χ0n) is 21.9. The van der Waals surface area contributed by atoms with Gasteiger partial charge in [-0.15, -0.1) is 0 Å². The van der Waals surface area contributed by atoms with E-state index in [2.05, 4.69) is 10.2 Å². The summed E-state index contributed by atoms with van der Waals surface area (Å²) in [5.74, 6) is 1.12. The quantitative estimate of drug-likeness (QED) is 0.509. The van der Waals surface area contributed by atoms with Crippen molar-refractivity contribution in [2.24, 2.45) is 0 Å². The van der Waals surface area contributed by atoms with Crippen molar-refractivity contribution in [2.45, 2.75) is 57.1 Å². The van der Waals surface area contributed by atoms with Crippen molar-refractivity contribution in [1.82, 2.24) is 24.8 Å². The molecular formula is C28H34N6O4. The maximum atomic E-state index is 14.0. The van der Waals surface area contributed by atoms with Gasteiger partial charge >= 0.3 is 0 Å². The first kappa shape index (κ1) is 24.7. The smallest absolute Gasteiger partial charge is 0.258 e. The lowest BCUT2D eigenvalue weighted by atomic mass is 9.80. The summed E-state index contributed by atoms with van der Waals surface area (Å²) in [6.07, 6.45) is 3.86. The molecule has 1 aliphatic carbocycles. The molecule has 1 saturated carbocycles. The molecule has 2 aliphatic heterocycles. The standard InChI is InChI=1S/C28H34N6O4/c1-17-6-7-24-20(11-17)28(37)33-9-4-3-5-23(33)22-14-25-30-21(18-12-19(35)13-18)15-27(34(25)31-22)32(2)10-8-29-26(36)16-38-24/h6-7,11,14-15,18-19,23,35H,3-5,8-10,12-13,16H2,1-2H3,(H,29,36)/t18?,19?,23-/m0/s1. The second-order valence-electron chi connectivity index (χ2n) is 10.8. The number of rotatable bonds is 1. The van der Waals surface area contributed by atoms with E-state index in [1.807, 2.05) is 47.7 Å². The summed E-state index contributed by atoms with van der Waals surface area (Å²) in [5.41, 5.74) is 3.90. The first-order valence-corrected chi connectivity index (χ1v) is 13.5. The lowest BCUT2D eigenvalue weighted by molar-refractivity contribution is -0.123. The number of likely N-dealkylation sites (N-methyl/N-ethyl adjacent to an activating group) is 1. The van der Waals surface area contributed by atoms with Crippen LogP contribution >= 0.6 is 0 Å². The number of ether oxygens (including phenoxy) is 1. The molecule has 38 heavy (non-hydrogen) atoms. The van der Waals surface area contributed by atoms with E-state index in [9.17, 15) is 14.7 Å². The van der Waals surface area contributed by atoms with Crippen LogP contribution < -0.4 is 15.0 Å². The van der Waals surface area contributed by atoms with Crippen LogP contribution in [0.15, 0.2) is 30.3 Å². The van der Waals surface area contributed by atoms with Crippen molar-refractivity contribution < 1.29 is 19.4 Å². The van der Waals surface area contributed by atoms with E-state index in [1.165, 1.54) is 0 Å². The fourth-order valence-corrected chi connectivity index (χ4v) is 5.71. The normalized spacial score (nSPS) is 24.4. The largest absolute Gasteiger partial charge is 0.483 e. The number of aromatic nitrogens is 3. The predicted octanol–water partition coefficient (Wildman–Crippen LogP) is 2.59. The number of aliphatic hydroxyl groups is 1. The van der Waals surface area contributed by atoms with E-state index in [1.54, 1.807) is 6.07 Å². The molecule has 1 saturated heterocycles. The van der Waals surface area contributed by atoms with Crippen molar-refractivity contribution in [3.8, 4) is 5.75 Å². The molecule has 2 aromatic heterocycles. The van der Waals surface area contributed by atoms with Crippen molar-refractivity contribution in [3.63, 3.8) is 0 Å². The van der Waals surface area contributed by atoms with Crippen LogP contribution in [0.4, 0.5) is 5.82 Å². The zero-order valence-corrected chi connectivity index (χ0v) is 21.9. The molecule has 2 amide bonds. The number of amides is 2. The van der Waals surface area contributed by atoms with Gasteiger partial charge in [-0.2, -0.15) is 9.61 Å². The average Bonchev–Trinajstić information content (AvgIpc) is 3.33. The van der Waals surface area contributed by atoms with Gasteiger partial charge in [0.05, 0.1) is 23.4 Å². The molecule has 1 atom stereocenters. The highest BCUT2D eigenvalue weighted by Crippen LogP contribution is 2.38. The molecule has 2 fully saturated rings. The molecule has 4 heterocycles. The van der Waals surface area contributed by atoms with E-state index in [0.717, 1.165) is 47.7 Å². The SMILES string of the molecule is Cc1ccc2c(c1)C(=O)N1CCCC[C@H]1c1cc3nc(C4CC(O)C4)cc(n3n1)N(C)CCNC(=O)CO2. The number of carbonyl (C=O) groups excluding carboxylic acids is 2. The van der Waals surface area contributed by atoms with E-state index in [-0.39, 0.29) is 36.5 Å². The number of aryl methyl sites for hydroxylation is 1. The maximum Gasteiger partial charge on any atom is 0.258 e. The molecule has 0 radical (unpaired) electrons. The first-order chi connectivity index (χ1) is 18.4. The van der Waals surface area contributed by atoms with Crippen molar-refractivity contribution in [3.05, 3.63) is 52.8 Å². The molecule has 0 unspecified atom stereocenters. The molecule has 10 nitrogen and oxygen atoms in total. The molecule has 2 N–H and O–H groups in total. The molecule has 6 rings (SSSR count). The van der Waals surface area contributed by atoms with Gasteiger partial charge in [-0.25, -0.2) is 4.98 Å². The van der Waals surface area contributed by atoms with Crippen LogP contribution in [0, 0.1) is 6.92 Å². The highest BCUT2D eigenvalue weighted by Gasteiger charge is 2.34. The Morgan fingerprint density at radius 1 is 1.08 bits per heavy atom. The number of hydrogen-bond acceptors (Lipinski definition) is 7. The second kappa shape index (κ2) is 9.90. The lowest BCUT2D eigenvalue weighted by Crippen LogP contribution is -2.39. The summed E-state index contributed by atoms with van der Waals surface area (Å²) in [6, 6.07) is 9.35. The zero-order chi connectivity index (χ0) is 26.4. The molecule has 1 aromatic carbocycles. The average molecular weight is 519 g/mol. The minimum Gasteiger partial charge on any atom is -0.483 e. The monoisotopic (exact) mass is 518 g/mol. The Kier molecular flexibility index (Phi) is 6.43. The van der Waals surface area contributed by atoms with Crippen molar-refractivity contribution in [1.29, 1.82) is 0 Å². The third kappa shape index (κ3) is 4.57. The Hall–Kier alpha value is -3.66. The molecular weight excluding hydrogens is 484 g/mol. The van der Waals surface area contributed by atoms with Gasteiger partial charge in [-0.3, -0.25) is 9.59 Å². The van der Waals surface area contributed by atoms with E-state index >= 15 is 0 Å². The number of carbonyl (C=O) groups is 2. The topological polar surface area (TPSA) is 112 Å². The Bertz CT molecular complexity index is 1380. The van der Waals surface area contributed by atoms with Gasteiger partial charge in [-0.05, 0) is 51.2 Å². The van der Waals surface area contributed by atoms with Crippen LogP contribution in [0.1, 0.15) is 71.4 Å². The Morgan fingerprint density at radius 3 is 2.74 bits per heavy atom. The Balaban J connectivity index is 1.46. The van der Waals surface area contributed by atoms with E-state index < -0.39 is 0 Å². The third-order valence-electron chi connectivity index (χ3n) is 7.97. The first-order valence-electron chi connectivity index (χ1n) is 13.5. The fraction of sp³-hybridized carbons (Fsp3) is 0.500. The lowest BCUT2D eigenvalue weighted by Gasteiger charge is -2.35. The maximum absolute atomic E-state index is 14.0. The number of piperidine rings is 1. The number of aliphatic hydroxyl groups excluding tert-OH is 1. The van der Waals surface area contributed by atoms with E-state index in [0.29, 0.717) is 43.8 Å². The number of benzene rings is 1. The van der Waals surface area contributed by atoms with Gasteiger partial charge in [-0.1, -0.05) is 11.6 Å². The summed E-state index contributed by atoms with van der Waals surface area (Å²) < 4.78 is 7.70. The minimum absolute atomic E-state index is 0.118. The Labute approximate surface area is 221 Å². The summed E-state index contributed by atoms with van der Waals surface area (Å²) in [7, 11) is 1.97. The summed E-state index contributed by atoms with van der Waals surface area (Å²) in [6.45, 7) is 3.39. The van der Waals surface area contributed by atoms with Gasteiger partial charge < -0.3 is 25.0 Å². The predicted molar refractivity (Wildman–Crippen MR) is 142 cm³/mol. The molecule has 3 aliphatic rings. The minimum atomic E-state index is -0.278. The highest BCUT2D eigenvalue weighted by molar-refractivity contribution is 5.97. The van der Waals surface area contributed by atoms with Crippen molar-refractivity contribution in [2.75, 3.05) is 38.2 Å². The van der Waals surface area contributed by atoms with Gasteiger partial charge in [0, 0.05) is 50.4 Å². The fourth-order valence-electron chi connectivity index (χ4n) is 5.71. The second-order valence-corrected chi connectivity index (χ2v) is 10.8. The highest BCUT2D eigenvalue weighted by atomic mass is 16.5. The van der Waals surface area contributed by atoms with Gasteiger partial charge in [0.25, 0.3) is 11.8 Å². The van der Waals surface area contributed by atoms with Crippen molar-refractivity contribution >= 4 is 23.3 Å². The van der Waals surface area contributed by atoms with Gasteiger partial charge in [0.1, 0.15) is 11.6 Å². The summed E-state index contributed by atoms with van der Waals surface area (Å²) in [4.78, 5) is 35.4. The number of fused-ring (bicyclic) bond motifs is 4. The number of anilines is 1. The molecule has 10 heteroatoms. The summed E-state index contributed by atoms with van der Waals surface area (Å²) >= 11 is 0. The number of nitrogens with one attached hydrogen (secondary N) is 1. The molecule has 2 bridgehead atoms. The molecule has 0 spiro atoms. The third-order valence-corrected chi connectivity index (χ3v) is 7.97.